The van der Waals surface area contributed by atoms with Gasteiger partial charge in [0.05, 0.1) is 0 Å². The van der Waals surface area contributed by atoms with E-state index in [4.69, 9.17) is 4.52 Å². The van der Waals surface area contributed by atoms with Crippen molar-refractivity contribution in [3.8, 4) is 11.4 Å². The largest absolute Gasteiger partial charge is 0.339 e. The molecule has 0 atom stereocenters. The number of halogens is 4. The molecule has 0 bridgehead atoms. The molecule has 2 heterocycles. The molecule has 9 heteroatoms. The molecule has 3 aromatic rings. The first-order valence-corrected chi connectivity index (χ1v) is 8.95. The lowest BCUT2D eigenvalue weighted by Crippen LogP contribution is -2.38. The number of piperidine rings is 1. The van der Waals surface area contributed by atoms with Crippen molar-refractivity contribution in [2.45, 2.75) is 18.8 Å². The zero-order chi connectivity index (χ0) is 20.5. The average molecular weight is 405 g/mol. The lowest BCUT2D eigenvalue weighted by molar-refractivity contribution is 0.0704. The Morgan fingerprint density at radius 3 is 2.24 bits per heavy atom. The van der Waals surface area contributed by atoms with Crippen LogP contribution in [-0.4, -0.2) is 34.0 Å². The van der Waals surface area contributed by atoms with Crippen molar-refractivity contribution in [2.75, 3.05) is 13.1 Å². The molecule has 1 fully saturated rings. The van der Waals surface area contributed by atoms with Gasteiger partial charge in [0.2, 0.25) is 11.7 Å². The van der Waals surface area contributed by atoms with Gasteiger partial charge < -0.3 is 9.42 Å². The summed E-state index contributed by atoms with van der Waals surface area (Å²) in [4.78, 5) is 18.3. The van der Waals surface area contributed by atoms with E-state index < -0.39 is 23.3 Å². The van der Waals surface area contributed by atoms with E-state index in [1.807, 2.05) is 0 Å². The highest BCUT2D eigenvalue weighted by atomic mass is 19.2. The molecule has 0 radical (unpaired) electrons. The lowest BCUT2D eigenvalue weighted by atomic mass is 9.96. The van der Waals surface area contributed by atoms with E-state index in [1.54, 1.807) is 4.90 Å². The number of carbonyl (C=O) groups is 1. The van der Waals surface area contributed by atoms with Gasteiger partial charge in [0.1, 0.15) is 0 Å². The van der Waals surface area contributed by atoms with Crippen LogP contribution >= 0.6 is 0 Å². The first-order valence-electron chi connectivity index (χ1n) is 8.95. The predicted molar refractivity (Wildman–Crippen MR) is 93.9 cm³/mol. The third-order valence-corrected chi connectivity index (χ3v) is 4.92. The van der Waals surface area contributed by atoms with E-state index >= 15 is 0 Å². The van der Waals surface area contributed by atoms with Gasteiger partial charge in [-0.3, -0.25) is 4.79 Å². The Bertz CT molecular complexity index is 1060. The van der Waals surface area contributed by atoms with Crippen LogP contribution in [0, 0.1) is 23.3 Å². The van der Waals surface area contributed by atoms with Crippen LogP contribution in [0.4, 0.5) is 17.6 Å². The van der Waals surface area contributed by atoms with E-state index in [9.17, 15) is 22.4 Å². The van der Waals surface area contributed by atoms with Crippen molar-refractivity contribution >= 4 is 5.91 Å². The van der Waals surface area contributed by atoms with Gasteiger partial charge in [-0.2, -0.15) is 4.98 Å². The van der Waals surface area contributed by atoms with Crippen LogP contribution in [0.25, 0.3) is 11.4 Å². The van der Waals surface area contributed by atoms with E-state index in [1.165, 1.54) is 12.1 Å². The molecule has 1 aliphatic rings. The molecular weight excluding hydrogens is 390 g/mol. The quantitative estimate of drug-likeness (QED) is 0.610. The molecular formula is C20H15F4N3O2. The van der Waals surface area contributed by atoms with Gasteiger partial charge in [-0.1, -0.05) is 5.16 Å². The van der Waals surface area contributed by atoms with E-state index in [2.05, 4.69) is 10.1 Å². The van der Waals surface area contributed by atoms with Crippen LogP contribution in [0.5, 0.6) is 0 Å². The Morgan fingerprint density at radius 1 is 0.931 bits per heavy atom. The van der Waals surface area contributed by atoms with Crippen molar-refractivity contribution in [2.24, 2.45) is 0 Å². The smallest absolute Gasteiger partial charge is 0.253 e. The van der Waals surface area contributed by atoms with E-state index in [0.29, 0.717) is 37.4 Å². The molecule has 0 spiro atoms. The number of aromatic nitrogens is 2. The number of carbonyl (C=O) groups excluding carboxylic acids is 1. The standard InChI is InChI=1S/C20H15F4N3O2/c21-14-3-1-12(9-16(14)23)18-25-19(29-26-18)11-5-7-27(8-6-11)20(28)13-2-4-15(22)17(24)10-13/h1-4,9-11H,5-8H2. The molecule has 5 nitrogen and oxygen atoms in total. The molecule has 1 aliphatic heterocycles. The predicted octanol–water partition coefficient (Wildman–Crippen LogP) is 4.31. The number of rotatable bonds is 3. The topological polar surface area (TPSA) is 59.2 Å². The maximum atomic E-state index is 13.4. The Kier molecular flexibility index (Phi) is 5.04. The summed E-state index contributed by atoms with van der Waals surface area (Å²) >= 11 is 0. The van der Waals surface area contributed by atoms with Crippen molar-refractivity contribution < 1.29 is 26.9 Å². The second-order valence-electron chi connectivity index (χ2n) is 6.78. The van der Waals surface area contributed by atoms with Crippen molar-refractivity contribution in [1.29, 1.82) is 0 Å². The van der Waals surface area contributed by atoms with Gasteiger partial charge in [-0.25, -0.2) is 17.6 Å². The lowest BCUT2D eigenvalue weighted by Gasteiger charge is -2.30. The van der Waals surface area contributed by atoms with E-state index in [0.717, 1.165) is 24.3 Å². The highest BCUT2D eigenvalue weighted by Gasteiger charge is 2.28. The molecule has 1 amide bonds. The minimum Gasteiger partial charge on any atom is -0.339 e. The van der Waals surface area contributed by atoms with Gasteiger partial charge in [-0.15, -0.1) is 0 Å². The molecule has 0 N–H and O–H groups in total. The molecule has 2 aromatic carbocycles. The van der Waals surface area contributed by atoms with Gasteiger partial charge in [0.15, 0.2) is 23.3 Å². The number of amides is 1. The minimum atomic E-state index is -1.07. The molecule has 29 heavy (non-hydrogen) atoms. The number of benzene rings is 2. The normalized spacial score (nSPS) is 15.0. The Hall–Kier alpha value is -3.23. The summed E-state index contributed by atoms with van der Waals surface area (Å²) in [6.45, 7) is 0.761. The van der Waals surface area contributed by atoms with Crippen molar-refractivity contribution in [3.63, 3.8) is 0 Å². The molecule has 4 rings (SSSR count). The van der Waals surface area contributed by atoms with Crippen molar-refractivity contribution in [3.05, 3.63) is 71.1 Å². The maximum Gasteiger partial charge on any atom is 0.253 e. The van der Waals surface area contributed by atoms with Crippen LogP contribution in [-0.2, 0) is 0 Å². The van der Waals surface area contributed by atoms with Gasteiger partial charge >= 0.3 is 0 Å². The molecule has 0 aliphatic carbocycles. The molecule has 150 valence electrons. The number of likely N-dealkylation sites (tertiary alicyclic amines) is 1. The Balaban J connectivity index is 1.42. The van der Waals surface area contributed by atoms with Gasteiger partial charge in [0, 0.05) is 30.1 Å². The zero-order valence-corrected chi connectivity index (χ0v) is 15.0. The monoisotopic (exact) mass is 405 g/mol. The van der Waals surface area contributed by atoms with Gasteiger partial charge in [0.25, 0.3) is 5.91 Å². The van der Waals surface area contributed by atoms with Crippen LogP contribution < -0.4 is 0 Å². The average Bonchev–Trinajstić information content (AvgIpc) is 3.22. The minimum absolute atomic E-state index is 0.0840. The first-order chi connectivity index (χ1) is 13.9. The third-order valence-electron chi connectivity index (χ3n) is 4.92. The highest BCUT2D eigenvalue weighted by Crippen LogP contribution is 2.29. The summed E-state index contributed by atoms with van der Waals surface area (Å²) in [5.74, 6) is -4.02. The molecule has 1 aromatic heterocycles. The Morgan fingerprint density at radius 2 is 1.59 bits per heavy atom. The summed E-state index contributed by atoms with van der Waals surface area (Å²) in [6.07, 6.45) is 1.07. The van der Waals surface area contributed by atoms with Crippen LogP contribution in [0.2, 0.25) is 0 Å². The molecule has 1 saturated heterocycles. The van der Waals surface area contributed by atoms with Crippen LogP contribution in [0.1, 0.15) is 35.0 Å². The second-order valence-corrected chi connectivity index (χ2v) is 6.78. The van der Waals surface area contributed by atoms with E-state index in [-0.39, 0.29) is 23.2 Å². The fourth-order valence-electron chi connectivity index (χ4n) is 3.29. The third kappa shape index (κ3) is 3.85. The zero-order valence-electron chi connectivity index (χ0n) is 15.0. The number of nitrogens with zero attached hydrogens (tertiary/aromatic N) is 3. The summed E-state index contributed by atoms with van der Waals surface area (Å²) < 4.78 is 58.1. The summed E-state index contributed by atoms with van der Waals surface area (Å²) in [6, 6.07) is 6.40. The molecule has 0 unspecified atom stereocenters. The summed E-state index contributed by atoms with van der Waals surface area (Å²) in [5.41, 5.74) is 0.380. The molecule has 0 saturated carbocycles. The fourth-order valence-corrected chi connectivity index (χ4v) is 3.29. The Labute approximate surface area is 162 Å². The highest BCUT2D eigenvalue weighted by molar-refractivity contribution is 5.94. The SMILES string of the molecule is O=C(c1ccc(F)c(F)c1)N1CCC(c2nc(-c3ccc(F)c(F)c3)no2)CC1. The van der Waals surface area contributed by atoms with Crippen LogP contribution in [0.15, 0.2) is 40.9 Å². The fraction of sp³-hybridized carbons (Fsp3) is 0.250. The maximum absolute atomic E-state index is 13.4. The second kappa shape index (κ2) is 7.65. The summed E-state index contributed by atoms with van der Waals surface area (Å²) in [5, 5.41) is 3.82. The summed E-state index contributed by atoms with van der Waals surface area (Å²) in [7, 11) is 0. The number of hydrogen-bond acceptors (Lipinski definition) is 4. The first kappa shape index (κ1) is 19.1. The number of hydrogen-bond donors (Lipinski definition) is 0. The van der Waals surface area contributed by atoms with Gasteiger partial charge in [-0.05, 0) is 49.2 Å². The van der Waals surface area contributed by atoms with Crippen LogP contribution in [0.3, 0.4) is 0 Å². The van der Waals surface area contributed by atoms with Crippen molar-refractivity contribution in [1.82, 2.24) is 15.0 Å².